The molecule has 2 aromatic heterocycles. The van der Waals surface area contributed by atoms with E-state index < -0.39 is 0 Å². The lowest BCUT2D eigenvalue weighted by Crippen LogP contribution is -2.15. The number of carbonyl (C=O) groups excluding carboxylic acids is 1. The van der Waals surface area contributed by atoms with Crippen molar-refractivity contribution in [1.82, 2.24) is 9.36 Å². The van der Waals surface area contributed by atoms with Crippen LogP contribution in [0.5, 0.6) is 0 Å². The number of para-hydroxylation sites is 1. The average Bonchev–Trinajstić information content (AvgIpc) is 2.98. The summed E-state index contributed by atoms with van der Waals surface area (Å²) < 4.78 is 4.34. The minimum atomic E-state index is -0.164. The molecule has 2 heterocycles. The number of hydrogen-bond donors (Lipinski definition) is 2. The fourth-order valence-corrected chi connectivity index (χ4v) is 3.38. The van der Waals surface area contributed by atoms with E-state index in [4.69, 9.17) is 0 Å². The zero-order valence-electron chi connectivity index (χ0n) is 14.5. The third-order valence-corrected chi connectivity index (χ3v) is 4.83. The van der Waals surface area contributed by atoms with Gasteiger partial charge >= 0.3 is 0 Å². The van der Waals surface area contributed by atoms with Gasteiger partial charge in [-0.05, 0) is 55.1 Å². The number of pyridine rings is 1. The van der Waals surface area contributed by atoms with Gasteiger partial charge in [-0.15, -0.1) is 0 Å². The number of amides is 1. The number of carbonyl (C=O) groups is 1. The summed E-state index contributed by atoms with van der Waals surface area (Å²) in [5.74, 6) is 0.567. The minimum absolute atomic E-state index is 0.164. The van der Waals surface area contributed by atoms with E-state index in [2.05, 4.69) is 26.9 Å². The molecule has 0 saturated carbocycles. The van der Waals surface area contributed by atoms with Crippen LogP contribution in [0.15, 0.2) is 42.6 Å². The quantitative estimate of drug-likeness (QED) is 0.698. The van der Waals surface area contributed by atoms with Gasteiger partial charge in [0.1, 0.15) is 10.8 Å². The van der Waals surface area contributed by atoms with Crippen LogP contribution in [0, 0.1) is 13.8 Å². The molecule has 5 nitrogen and oxygen atoms in total. The summed E-state index contributed by atoms with van der Waals surface area (Å²) in [6.45, 7) is 5.88. The van der Waals surface area contributed by atoms with Gasteiger partial charge in [-0.3, -0.25) is 4.79 Å². The molecule has 0 aliphatic rings. The maximum atomic E-state index is 12.9. The number of rotatable bonds is 5. The molecule has 0 aliphatic heterocycles. The van der Waals surface area contributed by atoms with Gasteiger partial charge in [0, 0.05) is 11.9 Å². The Kier molecular flexibility index (Phi) is 5.09. The highest BCUT2D eigenvalue weighted by Crippen LogP contribution is 2.29. The van der Waals surface area contributed by atoms with Crippen molar-refractivity contribution in [3.8, 4) is 0 Å². The number of anilines is 3. The van der Waals surface area contributed by atoms with Gasteiger partial charge in [-0.25, -0.2) is 4.98 Å². The van der Waals surface area contributed by atoms with E-state index >= 15 is 0 Å². The molecule has 25 heavy (non-hydrogen) atoms. The van der Waals surface area contributed by atoms with Crippen LogP contribution in [0.3, 0.4) is 0 Å². The highest BCUT2D eigenvalue weighted by Gasteiger charge is 2.20. The Bertz CT molecular complexity index is 904. The first-order valence-corrected chi connectivity index (χ1v) is 8.91. The number of aryl methyl sites for hydroxylation is 3. The molecule has 0 fully saturated rings. The van der Waals surface area contributed by atoms with Crippen molar-refractivity contribution in [1.29, 1.82) is 0 Å². The van der Waals surface area contributed by atoms with Crippen LogP contribution in [0.25, 0.3) is 0 Å². The average molecular weight is 352 g/mol. The predicted octanol–water partition coefficient (Wildman–Crippen LogP) is 4.71. The lowest BCUT2D eigenvalue weighted by molar-refractivity contribution is 0.102. The SMILES string of the molecule is CCc1ccccc1NC(=O)c1c(C)nsc1Nc1ncccc1C. The fourth-order valence-electron chi connectivity index (χ4n) is 2.58. The molecule has 0 saturated heterocycles. The topological polar surface area (TPSA) is 66.9 Å². The summed E-state index contributed by atoms with van der Waals surface area (Å²) in [7, 11) is 0. The molecular weight excluding hydrogens is 332 g/mol. The third kappa shape index (κ3) is 3.69. The van der Waals surface area contributed by atoms with Crippen LogP contribution in [0.1, 0.15) is 34.1 Å². The molecule has 0 atom stereocenters. The third-order valence-electron chi connectivity index (χ3n) is 3.98. The van der Waals surface area contributed by atoms with Crippen molar-refractivity contribution in [3.63, 3.8) is 0 Å². The van der Waals surface area contributed by atoms with Crippen LogP contribution >= 0.6 is 11.5 Å². The zero-order valence-corrected chi connectivity index (χ0v) is 15.3. The Labute approximate surface area is 151 Å². The van der Waals surface area contributed by atoms with Crippen molar-refractivity contribution >= 4 is 33.9 Å². The number of hydrogen-bond acceptors (Lipinski definition) is 5. The highest BCUT2D eigenvalue weighted by atomic mass is 32.1. The molecule has 3 aromatic rings. The number of aromatic nitrogens is 2. The molecule has 1 amide bonds. The molecule has 2 N–H and O–H groups in total. The van der Waals surface area contributed by atoms with Crippen LogP contribution < -0.4 is 10.6 Å². The summed E-state index contributed by atoms with van der Waals surface area (Å²) in [6.07, 6.45) is 2.58. The van der Waals surface area contributed by atoms with E-state index in [0.717, 1.165) is 29.1 Å². The summed E-state index contributed by atoms with van der Waals surface area (Å²) in [6, 6.07) is 11.7. The number of nitrogens with zero attached hydrogens (tertiary/aromatic N) is 2. The first kappa shape index (κ1) is 17.1. The van der Waals surface area contributed by atoms with Gasteiger partial charge in [0.05, 0.1) is 11.3 Å². The van der Waals surface area contributed by atoms with Crippen LogP contribution in [0.4, 0.5) is 16.5 Å². The zero-order chi connectivity index (χ0) is 17.8. The largest absolute Gasteiger partial charge is 0.330 e. The predicted molar refractivity (Wildman–Crippen MR) is 103 cm³/mol. The van der Waals surface area contributed by atoms with Crippen molar-refractivity contribution < 1.29 is 4.79 Å². The highest BCUT2D eigenvalue weighted by molar-refractivity contribution is 7.10. The number of nitrogens with one attached hydrogen (secondary N) is 2. The van der Waals surface area contributed by atoms with E-state index in [1.165, 1.54) is 11.5 Å². The normalized spacial score (nSPS) is 10.5. The fraction of sp³-hybridized carbons (Fsp3) is 0.211. The second-order valence-electron chi connectivity index (χ2n) is 5.73. The van der Waals surface area contributed by atoms with Gasteiger partial charge in [0.25, 0.3) is 5.91 Å². The van der Waals surface area contributed by atoms with Gasteiger partial charge in [-0.2, -0.15) is 4.37 Å². The minimum Gasteiger partial charge on any atom is -0.330 e. The molecular formula is C19H20N4OS. The Morgan fingerprint density at radius 2 is 1.96 bits per heavy atom. The van der Waals surface area contributed by atoms with E-state index in [0.29, 0.717) is 16.3 Å². The maximum Gasteiger partial charge on any atom is 0.260 e. The van der Waals surface area contributed by atoms with Gasteiger partial charge in [0.15, 0.2) is 0 Å². The van der Waals surface area contributed by atoms with E-state index in [1.54, 1.807) is 6.20 Å². The summed E-state index contributed by atoms with van der Waals surface area (Å²) >= 11 is 1.27. The summed E-state index contributed by atoms with van der Waals surface area (Å²) in [5.41, 5.74) is 4.21. The number of benzene rings is 1. The monoisotopic (exact) mass is 352 g/mol. The van der Waals surface area contributed by atoms with Gasteiger partial charge < -0.3 is 10.6 Å². The first-order chi connectivity index (χ1) is 12.1. The van der Waals surface area contributed by atoms with Crippen LogP contribution in [-0.4, -0.2) is 15.3 Å². The molecule has 0 unspecified atom stereocenters. The lowest BCUT2D eigenvalue weighted by atomic mass is 10.1. The molecule has 0 spiro atoms. The lowest BCUT2D eigenvalue weighted by Gasteiger charge is -2.11. The standard InChI is InChI=1S/C19H20N4OS/c1-4-14-9-5-6-10-15(14)21-18(24)16-13(3)23-25-19(16)22-17-12(2)8-7-11-20-17/h5-11H,4H2,1-3H3,(H,20,22)(H,21,24). The van der Waals surface area contributed by atoms with Crippen LogP contribution in [0.2, 0.25) is 0 Å². The van der Waals surface area contributed by atoms with Crippen molar-refractivity contribution in [2.75, 3.05) is 10.6 Å². The van der Waals surface area contributed by atoms with Crippen molar-refractivity contribution in [3.05, 3.63) is 65.0 Å². The molecule has 0 aliphatic carbocycles. The molecule has 0 bridgehead atoms. The summed E-state index contributed by atoms with van der Waals surface area (Å²) in [4.78, 5) is 17.2. The Hall–Kier alpha value is -2.73. The Balaban J connectivity index is 1.88. The Morgan fingerprint density at radius 1 is 1.16 bits per heavy atom. The van der Waals surface area contributed by atoms with Crippen molar-refractivity contribution in [2.24, 2.45) is 0 Å². The molecule has 6 heteroatoms. The molecule has 128 valence electrons. The second kappa shape index (κ2) is 7.44. The second-order valence-corrected chi connectivity index (χ2v) is 6.50. The van der Waals surface area contributed by atoms with Gasteiger partial charge in [0.2, 0.25) is 0 Å². The summed E-state index contributed by atoms with van der Waals surface area (Å²) in [5, 5.41) is 6.95. The van der Waals surface area contributed by atoms with E-state index in [9.17, 15) is 4.79 Å². The van der Waals surface area contributed by atoms with E-state index in [1.807, 2.05) is 50.2 Å². The molecule has 1 aromatic carbocycles. The van der Waals surface area contributed by atoms with Gasteiger partial charge in [-0.1, -0.05) is 31.2 Å². The van der Waals surface area contributed by atoms with Crippen molar-refractivity contribution in [2.45, 2.75) is 27.2 Å². The smallest absolute Gasteiger partial charge is 0.260 e. The molecule has 3 rings (SSSR count). The first-order valence-electron chi connectivity index (χ1n) is 8.14. The maximum absolute atomic E-state index is 12.9. The van der Waals surface area contributed by atoms with Crippen LogP contribution in [-0.2, 0) is 6.42 Å². The Morgan fingerprint density at radius 3 is 2.72 bits per heavy atom. The van der Waals surface area contributed by atoms with E-state index in [-0.39, 0.29) is 5.91 Å². The molecule has 0 radical (unpaired) electrons.